The molecule has 7 heteroatoms. The zero-order valence-corrected chi connectivity index (χ0v) is 10.5. The first-order valence-corrected chi connectivity index (χ1v) is 5.72. The molecule has 1 aromatic rings. The van der Waals surface area contributed by atoms with E-state index in [1.165, 1.54) is 25.3 Å². The van der Waals surface area contributed by atoms with Crippen molar-refractivity contribution in [2.75, 3.05) is 13.1 Å². The van der Waals surface area contributed by atoms with Crippen molar-refractivity contribution in [2.24, 2.45) is 0 Å². The highest BCUT2D eigenvalue weighted by Crippen LogP contribution is 2.00. The van der Waals surface area contributed by atoms with E-state index in [1.54, 1.807) is 0 Å². The minimum absolute atomic E-state index is 0.109. The normalized spacial score (nSPS) is 9.74. The van der Waals surface area contributed by atoms with Crippen LogP contribution in [0, 0.1) is 0 Å². The molecule has 7 nitrogen and oxygen atoms in total. The summed E-state index contributed by atoms with van der Waals surface area (Å²) < 4.78 is 0. The monoisotopic (exact) mass is 265 g/mol. The van der Waals surface area contributed by atoms with Crippen molar-refractivity contribution in [3.63, 3.8) is 0 Å². The third kappa shape index (κ3) is 5.15. The van der Waals surface area contributed by atoms with Crippen LogP contribution in [-0.4, -0.2) is 41.0 Å². The Morgan fingerprint density at radius 2 is 1.89 bits per heavy atom. The number of rotatable bonds is 6. The predicted octanol–water partition coefficient (Wildman–Crippen LogP) is 0.0358. The minimum atomic E-state index is -1.14. The maximum atomic E-state index is 11.6. The van der Waals surface area contributed by atoms with Crippen molar-refractivity contribution < 1.29 is 19.5 Å². The van der Waals surface area contributed by atoms with Crippen molar-refractivity contribution in [1.29, 1.82) is 0 Å². The summed E-state index contributed by atoms with van der Waals surface area (Å²) in [5.74, 6) is -1.57. The first-order valence-electron chi connectivity index (χ1n) is 5.72. The van der Waals surface area contributed by atoms with Gasteiger partial charge in [0.2, 0.25) is 5.91 Å². The standard InChI is InChI=1S/C12H15N3O4/c1-8(16)13-5-2-6-14-11(17)9-3-4-10(12(18)19)15-7-9/h3-4,7H,2,5-6H2,1H3,(H,13,16)(H,14,17)(H,18,19). The number of hydrogen-bond acceptors (Lipinski definition) is 4. The van der Waals surface area contributed by atoms with Gasteiger partial charge in [-0.25, -0.2) is 9.78 Å². The highest BCUT2D eigenvalue weighted by molar-refractivity contribution is 5.94. The predicted molar refractivity (Wildman–Crippen MR) is 66.8 cm³/mol. The number of aromatic carboxylic acids is 1. The third-order valence-electron chi connectivity index (χ3n) is 2.26. The molecule has 102 valence electrons. The fourth-order valence-corrected chi connectivity index (χ4v) is 1.31. The summed E-state index contributed by atoms with van der Waals surface area (Å²) in [6.45, 7) is 2.33. The summed E-state index contributed by atoms with van der Waals surface area (Å²) in [5, 5.41) is 13.9. The average Bonchev–Trinajstić information content (AvgIpc) is 2.37. The summed E-state index contributed by atoms with van der Waals surface area (Å²) in [5.41, 5.74) is 0.187. The van der Waals surface area contributed by atoms with Gasteiger partial charge in [-0.15, -0.1) is 0 Å². The molecule has 2 amide bonds. The van der Waals surface area contributed by atoms with Gasteiger partial charge in [-0.3, -0.25) is 9.59 Å². The molecule has 0 spiro atoms. The Hall–Kier alpha value is -2.44. The molecule has 0 radical (unpaired) electrons. The Morgan fingerprint density at radius 1 is 1.21 bits per heavy atom. The molecular formula is C12H15N3O4. The van der Waals surface area contributed by atoms with Crippen LogP contribution in [-0.2, 0) is 4.79 Å². The zero-order valence-electron chi connectivity index (χ0n) is 10.5. The summed E-state index contributed by atoms with van der Waals surface area (Å²) in [6.07, 6.45) is 1.83. The molecular weight excluding hydrogens is 250 g/mol. The molecule has 1 aromatic heterocycles. The number of carbonyl (C=O) groups is 3. The lowest BCUT2D eigenvalue weighted by Gasteiger charge is -2.05. The maximum absolute atomic E-state index is 11.6. The molecule has 19 heavy (non-hydrogen) atoms. The van der Waals surface area contributed by atoms with E-state index in [2.05, 4.69) is 15.6 Å². The molecule has 0 fully saturated rings. The van der Waals surface area contributed by atoms with Gasteiger partial charge in [-0.2, -0.15) is 0 Å². The summed E-state index contributed by atoms with van der Waals surface area (Å²) in [7, 11) is 0. The van der Waals surface area contributed by atoms with Crippen LogP contribution in [0.25, 0.3) is 0 Å². The Morgan fingerprint density at radius 3 is 2.42 bits per heavy atom. The van der Waals surface area contributed by atoms with E-state index >= 15 is 0 Å². The van der Waals surface area contributed by atoms with E-state index in [4.69, 9.17) is 5.11 Å². The largest absolute Gasteiger partial charge is 0.477 e. The topological polar surface area (TPSA) is 108 Å². The Labute approximate surface area is 110 Å². The molecule has 1 heterocycles. The van der Waals surface area contributed by atoms with Gasteiger partial charge in [0.05, 0.1) is 5.56 Å². The second-order valence-electron chi connectivity index (χ2n) is 3.83. The Kier molecular flexibility index (Phi) is 5.46. The van der Waals surface area contributed by atoms with E-state index in [0.29, 0.717) is 25.1 Å². The molecule has 0 atom stereocenters. The van der Waals surface area contributed by atoms with Crippen molar-refractivity contribution >= 4 is 17.8 Å². The van der Waals surface area contributed by atoms with Crippen LogP contribution in [0.1, 0.15) is 34.2 Å². The SMILES string of the molecule is CC(=O)NCCCNC(=O)c1ccc(C(=O)O)nc1. The summed E-state index contributed by atoms with van der Waals surface area (Å²) in [6, 6.07) is 2.67. The quantitative estimate of drug-likeness (QED) is 0.629. The molecule has 0 saturated heterocycles. The molecule has 0 aliphatic rings. The number of pyridine rings is 1. The molecule has 3 N–H and O–H groups in total. The molecule has 0 unspecified atom stereocenters. The van der Waals surface area contributed by atoms with E-state index in [1.807, 2.05) is 0 Å². The number of carbonyl (C=O) groups excluding carboxylic acids is 2. The van der Waals surface area contributed by atoms with Crippen molar-refractivity contribution in [3.05, 3.63) is 29.6 Å². The fourth-order valence-electron chi connectivity index (χ4n) is 1.31. The molecule has 0 saturated carbocycles. The van der Waals surface area contributed by atoms with E-state index < -0.39 is 5.97 Å². The minimum Gasteiger partial charge on any atom is -0.477 e. The first-order chi connectivity index (χ1) is 9.00. The smallest absolute Gasteiger partial charge is 0.354 e. The van der Waals surface area contributed by atoms with Crippen LogP contribution in [0.3, 0.4) is 0 Å². The van der Waals surface area contributed by atoms with Gasteiger partial charge in [-0.05, 0) is 18.6 Å². The number of nitrogens with zero attached hydrogens (tertiary/aromatic N) is 1. The Balaban J connectivity index is 2.37. The summed E-state index contributed by atoms with van der Waals surface area (Å²) in [4.78, 5) is 36.5. The van der Waals surface area contributed by atoms with Gasteiger partial charge < -0.3 is 15.7 Å². The summed E-state index contributed by atoms with van der Waals surface area (Å²) >= 11 is 0. The Bertz CT molecular complexity index is 470. The van der Waals surface area contributed by atoms with Crippen molar-refractivity contribution in [3.8, 4) is 0 Å². The lowest BCUT2D eigenvalue weighted by atomic mass is 10.2. The van der Waals surface area contributed by atoms with E-state index in [9.17, 15) is 14.4 Å². The third-order valence-corrected chi connectivity index (χ3v) is 2.26. The molecule has 0 aliphatic heterocycles. The second kappa shape index (κ2) is 7.10. The number of aromatic nitrogens is 1. The van der Waals surface area contributed by atoms with Crippen molar-refractivity contribution in [1.82, 2.24) is 15.6 Å². The zero-order chi connectivity index (χ0) is 14.3. The molecule has 0 aromatic carbocycles. The van der Waals surface area contributed by atoms with Gasteiger partial charge in [0.25, 0.3) is 5.91 Å². The second-order valence-corrected chi connectivity index (χ2v) is 3.83. The van der Waals surface area contributed by atoms with Crippen LogP contribution in [0.4, 0.5) is 0 Å². The van der Waals surface area contributed by atoms with Crippen LogP contribution in [0.15, 0.2) is 18.3 Å². The maximum Gasteiger partial charge on any atom is 0.354 e. The van der Waals surface area contributed by atoms with Gasteiger partial charge in [0.1, 0.15) is 5.69 Å². The molecule has 0 bridgehead atoms. The number of carboxylic acids is 1. The van der Waals surface area contributed by atoms with Crippen LogP contribution in [0.5, 0.6) is 0 Å². The van der Waals surface area contributed by atoms with Gasteiger partial charge >= 0.3 is 5.97 Å². The molecule has 0 aliphatic carbocycles. The fraction of sp³-hybridized carbons (Fsp3) is 0.333. The number of hydrogen-bond donors (Lipinski definition) is 3. The van der Waals surface area contributed by atoms with Crippen LogP contribution in [0.2, 0.25) is 0 Å². The van der Waals surface area contributed by atoms with Crippen LogP contribution < -0.4 is 10.6 Å². The van der Waals surface area contributed by atoms with Gasteiger partial charge in [0.15, 0.2) is 0 Å². The number of nitrogens with one attached hydrogen (secondary N) is 2. The van der Waals surface area contributed by atoms with Gasteiger partial charge in [0, 0.05) is 26.2 Å². The van der Waals surface area contributed by atoms with Gasteiger partial charge in [-0.1, -0.05) is 0 Å². The number of carboxylic acid groups (broad SMARTS) is 1. The van der Waals surface area contributed by atoms with Crippen molar-refractivity contribution in [2.45, 2.75) is 13.3 Å². The average molecular weight is 265 g/mol. The lowest BCUT2D eigenvalue weighted by Crippen LogP contribution is -2.28. The lowest BCUT2D eigenvalue weighted by molar-refractivity contribution is -0.118. The van der Waals surface area contributed by atoms with E-state index in [-0.39, 0.29) is 17.5 Å². The number of amides is 2. The van der Waals surface area contributed by atoms with E-state index in [0.717, 1.165) is 0 Å². The highest BCUT2D eigenvalue weighted by Gasteiger charge is 2.08. The highest BCUT2D eigenvalue weighted by atomic mass is 16.4. The molecule has 1 rings (SSSR count). The first kappa shape index (κ1) is 14.6. The van der Waals surface area contributed by atoms with Crippen LogP contribution >= 0.6 is 0 Å².